The maximum Gasteiger partial charge on any atom is 0.227 e. The highest BCUT2D eigenvalue weighted by atomic mass is 16.4. The molecule has 3 aromatic rings. The first kappa shape index (κ1) is 25.2. The van der Waals surface area contributed by atoms with Crippen LogP contribution < -0.4 is 20.2 Å². The molecule has 2 saturated heterocycles. The minimum Gasteiger partial charge on any atom is -0.550 e. The molecule has 2 aliphatic rings. The summed E-state index contributed by atoms with van der Waals surface area (Å²) in [6.07, 6.45) is 4.89. The number of piperidine rings is 1. The Labute approximate surface area is 216 Å². The van der Waals surface area contributed by atoms with Gasteiger partial charge in [0.2, 0.25) is 5.95 Å². The van der Waals surface area contributed by atoms with Crippen molar-refractivity contribution in [3.05, 3.63) is 24.5 Å². The number of fused-ring (bicyclic) bond motifs is 1. The highest BCUT2D eigenvalue weighted by molar-refractivity contribution is 5.92. The van der Waals surface area contributed by atoms with Gasteiger partial charge in [-0.1, -0.05) is 13.8 Å². The average molecular weight is 508 g/mol. The van der Waals surface area contributed by atoms with Gasteiger partial charge in [-0.15, -0.1) is 0 Å². The van der Waals surface area contributed by atoms with Gasteiger partial charge in [0.1, 0.15) is 11.6 Å². The fraction of sp³-hybridized carbons (Fsp3) is 0.577. The Morgan fingerprint density at radius 3 is 2.54 bits per heavy atom. The fourth-order valence-electron chi connectivity index (χ4n) is 4.88. The summed E-state index contributed by atoms with van der Waals surface area (Å²) < 4.78 is 1.97. The molecule has 0 spiro atoms. The molecule has 11 nitrogen and oxygen atoms in total. The van der Waals surface area contributed by atoms with Gasteiger partial charge >= 0.3 is 0 Å². The van der Waals surface area contributed by atoms with Crippen molar-refractivity contribution in [1.82, 2.24) is 24.7 Å². The van der Waals surface area contributed by atoms with Gasteiger partial charge in [-0.25, -0.2) is 9.97 Å². The number of carboxylic acid groups (broad SMARTS) is 1. The number of carbonyl (C=O) groups is 1. The summed E-state index contributed by atoms with van der Waals surface area (Å²) in [5.41, 5.74) is -0.576. The van der Waals surface area contributed by atoms with E-state index < -0.39 is 17.0 Å². The van der Waals surface area contributed by atoms with Crippen LogP contribution in [0.4, 0.5) is 23.4 Å². The molecular weight excluding hydrogens is 472 g/mol. The molecule has 0 saturated carbocycles. The van der Waals surface area contributed by atoms with E-state index >= 15 is 0 Å². The Kier molecular flexibility index (Phi) is 6.21. The lowest BCUT2D eigenvalue weighted by atomic mass is 9.74. The Balaban J connectivity index is 1.36. The molecule has 3 aromatic heterocycles. The molecular formula is C26H35N8O3-. The van der Waals surface area contributed by atoms with Gasteiger partial charge in [-0.05, 0) is 39.7 Å². The van der Waals surface area contributed by atoms with Gasteiger partial charge in [0.05, 0.1) is 16.5 Å². The summed E-state index contributed by atoms with van der Waals surface area (Å²) in [7, 11) is 0. The van der Waals surface area contributed by atoms with Crippen LogP contribution in [0.1, 0.15) is 53.5 Å². The van der Waals surface area contributed by atoms with Gasteiger partial charge in [0.15, 0.2) is 5.82 Å². The second-order valence-electron chi connectivity index (χ2n) is 11.4. The van der Waals surface area contributed by atoms with E-state index in [0.29, 0.717) is 56.6 Å². The van der Waals surface area contributed by atoms with Crippen LogP contribution in [0.5, 0.6) is 0 Å². The summed E-state index contributed by atoms with van der Waals surface area (Å²) in [6.45, 7) is 12.1. The van der Waals surface area contributed by atoms with Crippen LogP contribution in [0.2, 0.25) is 0 Å². The van der Waals surface area contributed by atoms with Crippen molar-refractivity contribution in [3.63, 3.8) is 0 Å². The Bertz CT molecular complexity index is 1300. The van der Waals surface area contributed by atoms with Crippen molar-refractivity contribution in [3.8, 4) is 0 Å². The predicted octanol–water partition coefficient (Wildman–Crippen LogP) is 2.11. The molecule has 11 heteroatoms. The number of hydrogen-bond acceptors (Lipinski definition) is 10. The Morgan fingerprint density at radius 2 is 1.89 bits per heavy atom. The molecule has 37 heavy (non-hydrogen) atoms. The zero-order valence-electron chi connectivity index (χ0n) is 22.1. The van der Waals surface area contributed by atoms with Crippen molar-refractivity contribution < 1.29 is 15.0 Å². The monoisotopic (exact) mass is 507 g/mol. The van der Waals surface area contributed by atoms with Crippen LogP contribution in [-0.4, -0.2) is 67.6 Å². The zero-order chi connectivity index (χ0) is 26.5. The summed E-state index contributed by atoms with van der Waals surface area (Å²) in [6, 6.07) is 3.90. The molecule has 2 N–H and O–H groups in total. The third-order valence-electron chi connectivity index (χ3n) is 7.81. The molecule has 0 unspecified atom stereocenters. The van der Waals surface area contributed by atoms with Crippen molar-refractivity contribution in [1.29, 1.82) is 0 Å². The summed E-state index contributed by atoms with van der Waals surface area (Å²) in [4.78, 5) is 29.5. The molecule has 0 bridgehead atoms. The third kappa shape index (κ3) is 4.79. The number of carboxylic acids is 1. The maximum absolute atomic E-state index is 11.5. The second-order valence-corrected chi connectivity index (χ2v) is 11.4. The number of pyridine rings is 1. The molecule has 0 aliphatic carbocycles. The quantitative estimate of drug-likeness (QED) is 0.489. The molecule has 5 rings (SSSR count). The van der Waals surface area contributed by atoms with E-state index in [0.717, 1.165) is 16.7 Å². The predicted molar refractivity (Wildman–Crippen MR) is 140 cm³/mol. The van der Waals surface area contributed by atoms with Gasteiger partial charge in [0, 0.05) is 68.0 Å². The molecule has 0 radical (unpaired) electrons. The number of aromatic nitrogens is 5. The first-order valence-electron chi connectivity index (χ1n) is 12.9. The summed E-state index contributed by atoms with van der Waals surface area (Å²) >= 11 is 0. The smallest absolute Gasteiger partial charge is 0.227 e. The number of rotatable bonds is 7. The van der Waals surface area contributed by atoms with Crippen LogP contribution in [0, 0.1) is 11.3 Å². The SMILES string of the molecule is CC(C)n1nc(N2CC(C(C)(C)C(=O)[O-])C2)c2cnc(Nc3ccnc(N4CCC(C)(O)CC4)n3)cc21. The molecule has 0 amide bonds. The fourth-order valence-corrected chi connectivity index (χ4v) is 4.88. The summed E-state index contributed by atoms with van der Waals surface area (Å²) in [5, 5.41) is 30.9. The molecule has 5 heterocycles. The van der Waals surface area contributed by atoms with E-state index in [1.165, 1.54) is 0 Å². The molecule has 0 aromatic carbocycles. The van der Waals surface area contributed by atoms with Gasteiger partial charge in [-0.3, -0.25) is 4.68 Å². The Hall–Kier alpha value is -3.47. The number of aliphatic hydroxyl groups is 1. The largest absolute Gasteiger partial charge is 0.550 e. The molecule has 2 aliphatic heterocycles. The van der Waals surface area contributed by atoms with Gasteiger partial charge < -0.3 is 30.1 Å². The van der Waals surface area contributed by atoms with Crippen LogP contribution in [0.3, 0.4) is 0 Å². The van der Waals surface area contributed by atoms with Crippen LogP contribution in [0.15, 0.2) is 24.5 Å². The average Bonchev–Trinajstić information content (AvgIpc) is 3.17. The number of anilines is 4. The molecule has 198 valence electrons. The highest BCUT2D eigenvalue weighted by Crippen LogP contribution is 2.39. The lowest BCUT2D eigenvalue weighted by Gasteiger charge is -2.48. The van der Waals surface area contributed by atoms with Crippen LogP contribution in [0.25, 0.3) is 10.9 Å². The normalized spacial score (nSPS) is 18.4. The first-order chi connectivity index (χ1) is 17.4. The Morgan fingerprint density at radius 1 is 1.19 bits per heavy atom. The van der Waals surface area contributed by atoms with Crippen LogP contribution >= 0.6 is 0 Å². The number of hydrogen-bond donors (Lipinski definition) is 2. The lowest BCUT2D eigenvalue weighted by Crippen LogP contribution is -2.58. The van der Waals surface area contributed by atoms with E-state index in [2.05, 4.69) is 43.9 Å². The third-order valence-corrected chi connectivity index (χ3v) is 7.81. The van der Waals surface area contributed by atoms with E-state index in [9.17, 15) is 15.0 Å². The number of nitrogens with one attached hydrogen (secondary N) is 1. The van der Waals surface area contributed by atoms with Gasteiger partial charge in [0.25, 0.3) is 0 Å². The standard InChI is InChI=1S/C26H36N8O3/c1-16(2)34-19-12-21(29-20-6-9-27-24(30-20)32-10-7-26(5,37)8-11-32)28-13-18(19)22(31-34)33-14-17(15-33)25(3,4)23(35)36/h6,9,12-13,16-17,37H,7-8,10-11,14-15H2,1-5H3,(H,35,36)(H,27,28,29,30)/p-1. The molecule has 2 fully saturated rings. The minimum absolute atomic E-state index is 0.00337. The van der Waals surface area contributed by atoms with Crippen molar-refractivity contribution in [2.24, 2.45) is 11.3 Å². The highest BCUT2D eigenvalue weighted by Gasteiger charge is 2.41. The maximum atomic E-state index is 11.5. The number of nitrogens with zero attached hydrogens (tertiary/aromatic N) is 7. The van der Waals surface area contributed by atoms with E-state index in [-0.39, 0.29) is 12.0 Å². The van der Waals surface area contributed by atoms with Crippen molar-refractivity contribution >= 4 is 40.3 Å². The summed E-state index contributed by atoms with van der Waals surface area (Å²) in [5.74, 6) is 1.71. The second kappa shape index (κ2) is 9.13. The van der Waals surface area contributed by atoms with E-state index in [1.54, 1.807) is 26.1 Å². The molecule has 0 atom stereocenters. The number of aliphatic carboxylic acids is 1. The van der Waals surface area contributed by atoms with E-state index in [1.807, 2.05) is 23.9 Å². The van der Waals surface area contributed by atoms with Crippen molar-refractivity contribution in [2.75, 3.05) is 41.3 Å². The topological polar surface area (TPSA) is 135 Å². The first-order valence-corrected chi connectivity index (χ1v) is 12.9. The lowest BCUT2D eigenvalue weighted by molar-refractivity contribution is -0.320. The zero-order valence-corrected chi connectivity index (χ0v) is 22.1. The van der Waals surface area contributed by atoms with Gasteiger partial charge in [-0.2, -0.15) is 10.1 Å². The minimum atomic E-state index is -1.02. The van der Waals surface area contributed by atoms with Crippen molar-refractivity contribution in [2.45, 2.75) is 59.1 Å². The number of carbonyl (C=O) groups excluding carboxylic acids is 1. The van der Waals surface area contributed by atoms with Crippen LogP contribution in [-0.2, 0) is 4.79 Å². The van der Waals surface area contributed by atoms with E-state index in [4.69, 9.17) is 5.10 Å².